The summed E-state index contributed by atoms with van der Waals surface area (Å²) in [4.78, 5) is 27.1. The average Bonchev–Trinajstić information content (AvgIpc) is 3.13. The normalized spacial score (nSPS) is 26.3. The number of carbonyl (C=O) groups excluding carboxylic acids is 1. The van der Waals surface area contributed by atoms with Crippen molar-refractivity contribution in [2.24, 2.45) is 5.92 Å². The van der Waals surface area contributed by atoms with Crippen molar-refractivity contribution in [2.45, 2.75) is 31.2 Å². The first-order valence-electron chi connectivity index (χ1n) is 6.62. The second kappa shape index (κ2) is 5.86. The lowest BCUT2D eigenvalue weighted by molar-refractivity contribution is -0.141. The van der Waals surface area contributed by atoms with Crippen LogP contribution in [-0.4, -0.2) is 57.2 Å². The van der Waals surface area contributed by atoms with Gasteiger partial charge in [0.2, 0.25) is 0 Å². The van der Waals surface area contributed by atoms with Crippen LogP contribution in [0, 0.1) is 5.92 Å². The van der Waals surface area contributed by atoms with Crippen LogP contribution in [0.5, 0.6) is 0 Å². The molecule has 0 radical (unpaired) electrons. The molecule has 1 heterocycles. The monoisotopic (exact) mass is 284 g/mol. The molecule has 19 heavy (non-hydrogen) atoms. The van der Waals surface area contributed by atoms with Gasteiger partial charge in [-0.1, -0.05) is 6.08 Å². The van der Waals surface area contributed by atoms with Gasteiger partial charge in [0.25, 0.3) is 0 Å². The molecule has 106 valence electrons. The number of likely N-dealkylation sites (N-methyl/N-ethyl adjacent to an activating group) is 1. The summed E-state index contributed by atoms with van der Waals surface area (Å²) in [6, 6.07) is -0.862. The Morgan fingerprint density at radius 3 is 2.68 bits per heavy atom. The number of nitrogens with zero attached hydrogens (tertiary/aromatic N) is 2. The van der Waals surface area contributed by atoms with Gasteiger partial charge in [0, 0.05) is 18.8 Å². The molecule has 1 aliphatic heterocycles. The Balaban J connectivity index is 2.17. The van der Waals surface area contributed by atoms with Gasteiger partial charge in [0.05, 0.1) is 5.37 Å². The van der Waals surface area contributed by atoms with E-state index in [4.69, 9.17) is 0 Å². The second-order valence-electron chi connectivity index (χ2n) is 4.93. The van der Waals surface area contributed by atoms with E-state index in [0.29, 0.717) is 24.8 Å². The van der Waals surface area contributed by atoms with E-state index < -0.39 is 12.0 Å². The van der Waals surface area contributed by atoms with Crippen LogP contribution >= 0.6 is 11.8 Å². The van der Waals surface area contributed by atoms with E-state index in [1.54, 1.807) is 27.6 Å². The molecule has 5 nitrogen and oxygen atoms in total. The van der Waals surface area contributed by atoms with E-state index in [2.05, 4.69) is 6.58 Å². The number of amides is 2. The van der Waals surface area contributed by atoms with Crippen molar-refractivity contribution in [2.75, 3.05) is 18.8 Å². The summed E-state index contributed by atoms with van der Waals surface area (Å²) < 4.78 is 0. The molecule has 2 fully saturated rings. The summed E-state index contributed by atoms with van der Waals surface area (Å²) in [5.74, 6) is 0.0628. The summed E-state index contributed by atoms with van der Waals surface area (Å²) in [7, 11) is 0. The van der Waals surface area contributed by atoms with Gasteiger partial charge in [-0.05, 0) is 25.7 Å². The largest absolute Gasteiger partial charge is 0.480 e. The van der Waals surface area contributed by atoms with E-state index in [9.17, 15) is 14.7 Å². The smallest absolute Gasteiger partial charge is 0.327 e. The number of rotatable bonds is 5. The zero-order chi connectivity index (χ0) is 14.0. The lowest BCUT2D eigenvalue weighted by Gasteiger charge is -2.32. The molecule has 2 unspecified atom stereocenters. The standard InChI is InChI=1S/C13H20N2O3S/c1-3-7-14(4-2)13(18)15-10(12(16)17)8-19-11(15)9-5-6-9/h3,9-11H,1,4-8H2,2H3,(H,16,17). The third kappa shape index (κ3) is 2.88. The van der Waals surface area contributed by atoms with E-state index in [-0.39, 0.29) is 11.4 Å². The predicted molar refractivity (Wildman–Crippen MR) is 75.1 cm³/mol. The highest BCUT2D eigenvalue weighted by Gasteiger charge is 2.48. The first kappa shape index (κ1) is 14.2. The topological polar surface area (TPSA) is 60.9 Å². The minimum Gasteiger partial charge on any atom is -0.480 e. The fraction of sp³-hybridized carbons (Fsp3) is 0.692. The average molecular weight is 284 g/mol. The quantitative estimate of drug-likeness (QED) is 0.783. The second-order valence-corrected chi connectivity index (χ2v) is 6.08. The van der Waals surface area contributed by atoms with Crippen molar-refractivity contribution in [3.05, 3.63) is 12.7 Å². The van der Waals surface area contributed by atoms with Crippen molar-refractivity contribution in [3.8, 4) is 0 Å². The molecule has 1 N–H and O–H groups in total. The maximum absolute atomic E-state index is 12.6. The molecule has 2 amide bonds. The fourth-order valence-corrected chi connectivity index (χ4v) is 3.99. The van der Waals surface area contributed by atoms with Crippen molar-refractivity contribution < 1.29 is 14.7 Å². The maximum atomic E-state index is 12.6. The van der Waals surface area contributed by atoms with Crippen LogP contribution in [0.4, 0.5) is 4.79 Å². The van der Waals surface area contributed by atoms with E-state index >= 15 is 0 Å². The number of aliphatic carboxylic acids is 1. The highest BCUT2D eigenvalue weighted by atomic mass is 32.2. The molecule has 2 aliphatic rings. The molecule has 0 aromatic carbocycles. The van der Waals surface area contributed by atoms with Gasteiger partial charge >= 0.3 is 12.0 Å². The zero-order valence-corrected chi connectivity index (χ0v) is 11.9. The summed E-state index contributed by atoms with van der Waals surface area (Å²) in [5.41, 5.74) is 0. The summed E-state index contributed by atoms with van der Waals surface area (Å²) in [6.07, 6.45) is 3.87. The SMILES string of the molecule is C=CCN(CC)C(=O)N1C(C(=O)O)CSC1C1CC1. The predicted octanol–water partition coefficient (Wildman–Crippen LogP) is 1.85. The Hall–Kier alpha value is -1.17. The van der Waals surface area contributed by atoms with Crippen LogP contribution in [0.3, 0.4) is 0 Å². The summed E-state index contributed by atoms with van der Waals surface area (Å²) in [6.45, 7) is 6.56. The van der Waals surface area contributed by atoms with Crippen LogP contribution in [0.1, 0.15) is 19.8 Å². The molecule has 1 saturated carbocycles. The molecular formula is C13H20N2O3S. The van der Waals surface area contributed by atoms with Crippen molar-refractivity contribution in [1.29, 1.82) is 0 Å². The number of carboxylic acid groups (broad SMARTS) is 1. The Morgan fingerprint density at radius 1 is 1.53 bits per heavy atom. The van der Waals surface area contributed by atoms with E-state index in [0.717, 1.165) is 12.8 Å². The number of thioether (sulfide) groups is 1. The van der Waals surface area contributed by atoms with Crippen molar-refractivity contribution >= 4 is 23.8 Å². The van der Waals surface area contributed by atoms with Crippen molar-refractivity contribution in [1.82, 2.24) is 9.80 Å². The van der Waals surface area contributed by atoms with Crippen LogP contribution in [0.2, 0.25) is 0 Å². The van der Waals surface area contributed by atoms with Crippen LogP contribution < -0.4 is 0 Å². The number of hydrogen-bond acceptors (Lipinski definition) is 3. The Morgan fingerprint density at radius 2 is 2.21 bits per heavy atom. The number of carboxylic acids is 1. The van der Waals surface area contributed by atoms with Gasteiger partial charge in [-0.3, -0.25) is 4.90 Å². The van der Waals surface area contributed by atoms with Gasteiger partial charge < -0.3 is 10.0 Å². The first-order chi connectivity index (χ1) is 9.10. The molecule has 1 saturated heterocycles. The van der Waals surface area contributed by atoms with Gasteiger partial charge in [0.15, 0.2) is 0 Å². The molecule has 2 rings (SSSR count). The molecule has 6 heteroatoms. The lowest BCUT2D eigenvalue weighted by atomic mass is 10.2. The Bertz CT molecular complexity index is 384. The molecule has 0 spiro atoms. The third-order valence-corrected chi connectivity index (χ3v) is 5.03. The molecule has 1 aliphatic carbocycles. The summed E-state index contributed by atoms with van der Waals surface area (Å²) in [5, 5.41) is 9.33. The minimum absolute atomic E-state index is 0.0347. The van der Waals surface area contributed by atoms with Crippen LogP contribution in [0.15, 0.2) is 12.7 Å². The number of hydrogen-bond donors (Lipinski definition) is 1. The van der Waals surface area contributed by atoms with Gasteiger partial charge in [0.1, 0.15) is 6.04 Å². The van der Waals surface area contributed by atoms with Crippen molar-refractivity contribution in [3.63, 3.8) is 0 Å². The number of urea groups is 1. The van der Waals surface area contributed by atoms with Gasteiger partial charge in [-0.15, -0.1) is 18.3 Å². The Labute approximate surface area is 117 Å². The maximum Gasteiger partial charge on any atom is 0.327 e. The van der Waals surface area contributed by atoms with Gasteiger partial charge in [-0.25, -0.2) is 9.59 Å². The fourth-order valence-electron chi connectivity index (χ4n) is 2.37. The first-order valence-corrected chi connectivity index (χ1v) is 7.67. The molecule has 0 aromatic heterocycles. The zero-order valence-electron chi connectivity index (χ0n) is 11.1. The molecule has 2 atom stereocenters. The highest BCUT2D eigenvalue weighted by Crippen LogP contribution is 2.45. The highest BCUT2D eigenvalue weighted by molar-refractivity contribution is 8.00. The van der Waals surface area contributed by atoms with E-state index in [1.807, 2.05) is 6.92 Å². The minimum atomic E-state index is -0.904. The van der Waals surface area contributed by atoms with Gasteiger partial charge in [-0.2, -0.15) is 0 Å². The molecule has 0 bridgehead atoms. The third-order valence-electron chi connectivity index (χ3n) is 3.57. The van der Waals surface area contributed by atoms with Crippen LogP contribution in [0.25, 0.3) is 0 Å². The Kier molecular flexibility index (Phi) is 4.39. The number of carbonyl (C=O) groups is 2. The van der Waals surface area contributed by atoms with Crippen LogP contribution in [-0.2, 0) is 4.79 Å². The lowest BCUT2D eigenvalue weighted by Crippen LogP contribution is -2.52. The molecular weight excluding hydrogens is 264 g/mol. The molecule has 0 aromatic rings. The van der Waals surface area contributed by atoms with E-state index in [1.165, 1.54) is 0 Å². The summed E-state index contributed by atoms with van der Waals surface area (Å²) >= 11 is 1.60.